The van der Waals surface area contributed by atoms with E-state index < -0.39 is 0 Å². The molecule has 4 heteroatoms. The van der Waals surface area contributed by atoms with Gasteiger partial charge in [0.2, 0.25) is 0 Å². The Bertz CT molecular complexity index is 6220. The minimum atomic E-state index is 0.994. The van der Waals surface area contributed by atoms with Gasteiger partial charge in [-0.3, -0.25) is 19.9 Å². The molecule has 10 aromatic carbocycles. The lowest BCUT2D eigenvalue weighted by Gasteiger charge is -2.11. The fourth-order valence-electron chi connectivity index (χ4n) is 19.5. The largest absolute Gasteiger partial charge is 0.260 e. The minimum Gasteiger partial charge on any atom is -0.260 e. The third-order valence-corrected chi connectivity index (χ3v) is 27.4. The highest BCUT2D eigenvalue weighted by molar-refractivity contribution is 5.87. The molecule has 4 nitrogen and oxygen atoms in total. The third kappa shape index (κ3) is 14.5. The summed E-state index contributed by atoms with van der Waals surface area (Å²) in [5, 5.41) is 0. The molecule has 4 aromatic heterocycles. The van der Waals surface area contributed by atoms with Crippen LogP contribution < -0.4 is 0 Å². The molecule has 21 rings (SSSR count). The molecule has 0 fully saturated rings. The van der Waals surface area contributed by atoms with E-state index in [0.29, 0.717) is 0 Å². The van der Waals surface area contributed by atoms with Crippen LogP contribution in [0, 0.1) is 166 Å². The van der Waals surface area contributed by atoms with E-state index in [1.54, 1.807) is 0 Å². The monoisotopic (exact) mass is 1500 g/mol. The van der Waals surface area contributed by atoms with Crippen molar-refractivity contribution in [2.24, 2.45) is 0 Å². The summed E-state index contributed by atoms with van der Waals surface area (Å²) in [4.78, 5) is 18.0. The number of aromatic nitrogens is 4. The second-order valence-corrected chi connectivity index (χ2v) is 34.5. The first-order valence-electron chi connectivity index (χ1n) is 41.7. The quantitative estimate of drug-likeness (QED) is 0.152. The fraction of sp³-hybridized carbons (Fsp3) is 0.279. The van der Waals surface area contributed by atoms with Crippen molar-refractivity contribution in [3.8, 4) is 77.9 Å². The van der Waals surface area contributed by atoms with Crippen LogP contribution in [0.25, 0.3) is 77.9 Å². The standard InChI is InChI=1S/3C17H18.4C15H15N/c1-10-6-8-15-16(12(10)3)9-14-7-5-11(2)13(4)17(14)15;1-10-7-12(3)15-9-14-6-5-11(2)13(4)17(14)16(15)8-10;1-10-5-6-14-9-15-7-11(2)12(3)8-16(15)17(14)13(10)4;1-9-4-5-12-8-13-14(15(12)11(9)3)10(2)6-7-16-13;1-9-7-12-8-14-13(5-4-6-16-14)15(12)11(3)10(9)2;2*1-9-7-10(2)13-8-14-12(5-4-6-16-14)15(13)11(9)3/h3*5-8H,9H2,1-4H3;4*4-7H,8H2,1-3H3. The van der Waals surface area contributed by atoms with Crippen LogP contribution in [0.4, 0.5) is 0 Å². The molecule has 0 radical (unpaired) electrons. The van der Waals surface area contributed by atoms with Crippen molar-refractivity contribution >= 4 is 0 Å². The molecule has 0 amide bonds. The number of fused-ring (bicyclic) bond motifs is 21. The molecular weight excluding hydrogens is 1390 g/mol. The molecule has 0 bridgehead atoms. The maximum atomic E-state index is 4.51. The van der Waals surface area contributed by atoms with Gasteiger partial charge in [0.1, 0.15) is 0 Å². The number of nitrogens with zero attached hydrogens (tertiary/aromatic N) is 4. The van der Waals surface area contributed by atoms with E-state index in [1.165, 1.54) is 290 Å². The zero-order valence-electron chi connectivity index (χ0n) is 72.9. The van der Waals surface area contributed by atoms with Gasteiger partial charge in [-0.2, -0.15) is 0 Å². The third-order valence-electron chi connectivity index (χ3n) is 27.4. The highest BCUT2D eigenvalue weighted by Crippen LogP contribution is 2.48. The first-order chi connectivity index (χ1) is 55.0. The van der Waals surface area contributed by atoms with E-state index in [0.717, 1.165) is 44.9 Å². The van der Waals surface area contributed by atoms with Crippen LogP contribution in [0.15, 0.2) is 170 Å². The molecule has 7 aliphatic carbocycles. The SMILES string of the molecule is Cc1cc(C)c2c(c1)-c1c(ccc(C)c1C)C2.Cc1cc(C)c2c(c1C)-c1cccnc1C2.Cc1cc(C)c2c(c1C)-c1cccnc1C2.Cc1cc2c(c(C)c1C)-c1cccnc1C2.Cc1cc2c(cc1C)-c1c(ccc(C)c1C)C2.Cc1ccc2c(c1C)-c1c(C)ccnc1C2.Cc1ccc2c(c1C)Cc1ccc(C)c(C)c1-2. The van der Waals surface area contributed by atoms with Crippen molar-refractivity contribution in [3.63, 3.8) is 0 Å². The fourth-order valence-corrected chi connectivity index (χ4v) is 19.5. The van der Waals surface area contributed by atoms with E-state index in [-0.39, 0.29) is 0 Å². The van der Waals surface area contributed by atoms with Crippen molar-refractivity contribution in [3.05, 3.63) is 382 Å². The Labute approximate surface area is 686 Å². The number of hydrogen-bond donors (Lipinski definition) is 0. The summed E-state index contributed by atoms with van der Waals surface area (Å²) >= 11 is 0. The molecule has 0 spiro atoms. The molecule has 0 N–H and O–H groups in total. The van der Waals surface area contributed by atoms with E-state index in [2.05, 4.69) is 313 Å². The Hall–Kier alpha value is -11.2. The van der Waals surface area contributed by atoms with E-state index >= 15 is 0 Å². The molecule has 0 aliphatic heterocycles. The average Bonchev–Trinajstić information content (AvgIpc) is 1.66. The van der Waals surface area contributed by atoms with Gasteiger partial charge in [0.25, 0.3) is 0 Å². The van der Waals surface area contributed by atoms with Gasteiger partial charge < -0.3 is 0 Å². The Kier molecular flexibility index (Phi) is 21.7. The smallest absolute Gasteiger partial charge is 0.0528 e. The van der Waals surface area contributed by atoms with Crippen molar-refractivity contribution < 1.29 is 0 Å². The summed E-state index contributed by atoms with van der Waals surface area (Å²) in [6, 6.07) is 53.7. The second kappa shape index (κ2) is 31.5. The Morgan fingerprint density at radius 1 is 0.174 bits per heavy atom. The summed E-state index contributed by atoms with van der Waals surface area (Å²) in [5.41, 5.74) is 73.5. The molecule has 0 saturated carbocycles. The number of pyridine rings is 4. The summed E-state index contributed by atoms with van der Waals surface area (Å²) in [5.74, 6) is 0. The van der Waals surface area contributed by atoms with Gasteiger partial charge in [0.05, 0.1) is 22.8 Å². The number of rotatable bonds is 0. The van der Waals surface area contributed by atoms with Gasteiger partial charge >= 0.3 is 0 Å². The van der Waals surface area contributed by atoms with Crippen LogP contribution in [-0.4, -0.2) is 19.9 Å². The van der Waals surface area contributed by atoms with Crippen molar-refractivity contribution in [1.82, 2.24) is 19.9 Å². The van der Waals surface area contributed by atoms with E-state index in [1.807, 2.05) is 43.0 Å². The molecule has 0 unspecified atom stereocenters. The lowest BCUT2D eigenvalue weighted by molar-refractivity contribution is 1.10. The molecule has 14 aromatic rings. The number of benzene rings is 10. The van der Waals surface area contributed by atoms with Crippen LogP contribution in [0.3, 0.4) is 0 Å². The zero-order chi connectivity index (χ0) is 81.6. The summed E-state index contributed by atoms with van der Waals surface area (Å²) in [6.07, 6.45) is 14.9. The van der Waals surface area contributed by atoms with Crippen LogP contribution in [0.1, 0.15) is 212 Å². The highest BCUT2D eigenvalue weighted by Gasteiger charge is 2.30. The van der Waals surface area contributed by atoms with Gasteiger partial charge in [0, 0.05) is 72.7 Å². The lowest BCUT2D eigenvalue weighted by atomic mass is 9.93. The number of hydrogen-bond acceptors (Lipinski definition) is 4. The predicted octanol–water partition coefficient (Wildman–Crippen LogP) is 27.8. The van der Waals surface area contributed by atoms with Gasteiger partial charge in [-0.25, -0.2) is 0 Å². The van der Waals surface area contributed by atoms with Gasteiger partial charge in [-0.05, 0) is 449 Å². The van der Waals surface area contributed by atoms with Crippen molar-refractivity contribution in [2.75, 3.05) is 0 Å². The Morgan fingerprint density at radius 3 is 1.10 bits per heavy atom. The summed E-state index contributed by atoms with van der Waals surface area (Å²) in [7, 11) is 0. The lowest BCUT2D eigenvalue weighted by Crippen LogP contribution is -1.92. The first-order valence-corrected chi connectivity index (χ1v) is 41.7. The molecule has 4 heterocycles. The molecule has 0 saturated heterocycles. The van der Waals surface area contributed by atoms with E-state index in [9.17, 15) is 0 Å². The molecule has 7 aliphatic rings. The van der Waals surface area contributed by atoms with Crippen LogP contribution in [0.2, 0.25) is 0 Å². The van der Waals surface area contributed by atoms with Crippen molar-refractivity contribution in [2.45, 2.75) is 211 Å². The van der Waals surface area contributed by atoms with Crippen molar-refractivity contribution in [1.29, 1.82) is 0 Å². The normalized spacial score (nSPS) is 12.5. The number of aryl methyl sites for hydroxylation is 15. The second-order valence-electron chi connectivity index (χ2n) is 34.5. The molecule has 115 heavy (non-hydrogen) atoms. The van der Waals surface area contributed by atoms with Crippen LogP contribution in [0.5, 0.6) is 0 Å². The minimum absolute atomic E-state index is 0.994. The van der Waals surface area contributed by atoms with E-state index in [4.69, 9.17) is 0 Å². The predicted molar refractivity (Wildman–Crippen MR) is 488 cm³/mol. The van der Waals surface area contributed by atoms with Gasteiger partial charge in [-0.1, -0.05) is 127 Å². The Morgan fingerprint density at radius 2 is 0.557 bits per heavy atom. The van der Waals surface area contributed by atoms with Gasteiger partial charge in [0.15, 0.2) is 0 Å². The first kappa shape index (κ1) is 79.0. The Balaban J connectivity index is 0.000000106. The maximum absolute atomic E-state index is 4.51. The molecule has 0 atom stereocenters. The average molecular weight is 1500 g/mol. The van der Waals surface area contributed by atoms with Crippen LogP contribution >= 0.6 is 0 Å². The van der Waals surface area contributed by atoms with Crippen LogP contribution in [-0.2, 0) is 44.9 Å². The molecular formula is C111H114N4. The topological polar surface area (TPSA) is 51.6 Å². The summed E-state index contributed by atoms with van der Waals surface area (Å²) < 4.78 is 0. The summed E-state index contributed by atoms with van der Waals surface area (Å²) in [6.45, 7) is 53.1. The molecule has 578 valence electrons. The zero-order valence-corrected chi connectivity index (χ0v) is 72.9. The van der Waals surface area contributed by atoms with Gasteiger partial charge in [-0.15, -0.1) is 0 Å². The maximum Gasteiger partial charge on any atom is 0.0528 e. The highest BCUT2D eigenvalue weighted by atomic mass is 14.7.